The van der Waals surface area contributed by atoms with Crippen molar-refractivity contribution in [1.82, 2.24) is 5.16 Å². The lowest BCUT2D eigenvalue weighted by molar-refractivity contribution is -0.131. The van der Waals surface area contributed by atoms with Crippen LogP contribution >= 0.6 is 11.6 Å². The minimum Gasteiger partial charge on any atom is -0.360 e. The highest BCUT2D eigenvalue weighted by Crippen LogP contribution is 2.47. The Morgan fingerprint density at radius 2 is 1.95 bits per heavy atom. The van der Waals surface area contributed by atoms with Gasteiger partial charge in [0.2, 0.25) is 11.8 Å². The van der Waals surface area contributed by atoms with Crippen LogP contribution < -0.4 is 10.6 Å². The molecule has 1 aliphatic carbocycles. The Morgan fingerprint density at radius 1 is 1.23 bits per heavy atom. The van der Waals surface area contributed by atoms with E-state index in [9.17, 15) is 9.59 Å². The van der Waals surface area contributed by atoms with Gasteiger partial charge in [-0.15, -0.1) is 0 Å². The number of rotatable bonds is 4. The predicted octanol–water partition coefficient (Wildman–Crippen LogP) is 2.99. The smallest absolute Gasteiger partial charge is 0.241 e. The zero-order valence-corrected chi connectivity index (χ0v) is 12.6. The third-order valence-electron chi connectivity index (χ3n) is 3.57. The molecule has 1 saturated carbocycles. The number of anilines is 2. The molecule has 1 heterocycles. The van der Waals surface area contributed by atoms with Crippen LogP contribution in [0.25, 0.3) is 0 Å². The van der Waals surface area contributed by atoms with Crippen LogP contribution in [0, 0.1) is 12.3 Å². The molecular weight excluding hydrogens is 306 g/mol. The molecule has 114 valence electrons. The van der Waals surface area contributed by atoms with Gasteiger partial charge in [0.1, 0.15) is 11.2 Å². The van der Waals surface area contributed by atoms with E-state index >= 15 is 0 Å². The lowest BCUT2D eigenvalue weighted by Gasteiger charge is -2.14. The summed E-state index contributed by atoms with van der Waals surface area (Å²) in [4.78, 5) is 24.7. The number of amides is 2. The van der Waals surface area contributed by atoms with Crippen LogP contribution in [0.15, 0.2) is 34.9 Å². The molecular formula is C15H14ClN3O3. The molecule has 0 unspecified atom stereocenters. The maximum atomic E-state index is 12.4. The third-order valence-corrected chi connectivity index (χ3v) is 3.81. The van der Waals surface area contributed by atoms with Gasteiger partial charge in [-0.3, -0.25) is 9.59 Å². The van der Waals surface area contributed by atoms with Crippen LogP contribution in [0.4, 0.5) is 11.5 Å². The molecule has 0 bridgehead atoms. The van der Waals surface area contributed by atoms with E-state index < -0.39 is 5.41 Å². The summed E-state index contributed by atoms with van der Waals surface area (Å²) in [6, 6.07) is 8.40. The topological polar surface area (TPSA) is 84.2 Å². The number of hydrogen-bond donors (Lipinski definition) is 2. The van der Waals surface area contributed by atoms with Crippen molar-refractivity contribution in [3.05, 3.63) is 41.1 Å². The molecule has 0 spiro atoms. The summed E-state index contributed by atoms with van der Waals surface area (Å²) in [7, 11) is 0. The summed E-state index contributed by atoms with van der Waals surface area (Å²) >= 11 is 5.88. The predicted molar refractivity (Wildman–Crippen MR) is 81.6 cm³/mol. The van der Waals surface area contributed by atoms with Gasteiger partial charge in [0.05, 0.1) is 0 Å². The van der Waals surface area contributed by atoms with Gasteiger partial charge in [0, 0.05) is 16.8 Å². The Balaban J connectivity index is 1.69. The average molecular weight is 320 g/mol. The highest BCUT2D eigenvalue weighted by atomic mass is 35.5. The molecule has 0 saturated heterocycles. The van der Waals surface area contributed by atoms with E-state index in [-0.39, 0.29) is 11.8 Å². The first-order valence-electron chi connectivity index (χ1n) is 6.81. The van der Waals surface area contributed by atoms with Crippen LogP contribution in [0.3, 0.4) is 0 Å². The van der Waals surface area contributed by atoms with E-state index in [0.29, 0.717) is 35.1 Å². The Hall–Kier alpha value is -2.34. The van der Waals surface area contributed by atoms with E-state index in [1.54, 1.807) is 37.3 Å². The maximum absolute atomic E-state index is 12.4. The summed E-state index contributed by atoms with van der Waals surface area (Å²) in [5, 5.41) is 9.56. The van der Waals surface area contributed by atoms with Crippen molar-refractivity contribution in [2.24, 2.45) is 5.41 Å². The quantitative estimate of drug-likeness (QED) is 0.848. The summed E-state index contributed by atoms with van der Waals surface area (Å²) in [6.45, 7) is 1.72. The Kier molecular flexibility index (Phi) is 3.62. The second-order valence-electron chi connectivity index (χ2n) is 5.32. The molecule has 1 aromatic heterocycles. The minimum atomic E-state index is -1.05. The van der Waals surface area contributed by atoms with E-state index in [1.165, 1.54) is 0 Å². The summed E-state index contributed by atoms with van der Waals surface area (Å²) < 4.78 is 4.89. The fourth-order valence-electron chi connectivity index (χ4n) is 2.16. The van der Waals surface area contributed by atoms with Gasteiger partial charge < -0.3 is 15.2 Å². The molecule has 2 amide bonds. The van der Waals surface area contributed by atoms with E-state index in [4.69, 9.17) is 16.1 Å². The number of nitrogens with zero attached hydrogens (tertiary/aromatic N) is 1. The molecule has 0 atom stereocenters. The second-order valence-corrected chi connectivity index (χ2v) is 5.76. The molecule has 1 fully saturated rings. The zero-order chi connectivity index (χ0) is 15.7. The molecule has 1 aromatic carbocycles. The van der Waals surface area contributed by atoms with Gasteiger partial charge in [0.25, 0.3) is 0 Å². The normalized spacial score (nSPS) is 15.2. The molecule has 7 heteroatoms. The fourth-order valence-corrected chi connectivity index (χ4v) is 2.35. The molecule has 22 heavy (non-hydrogen) atoms. The summed E-state index contributed by atoms with van der Waals surface area (Å²) in [5.41, 5.74) is -0.483. The first-order valence-corrected chi connectivity index (χ1v) is 7.19. The first-order chi connectivity index (χ1) is 10.5. The van der Waals surface area contributed by atoms with Crippen molar-refractivity contribution in [3.8, 4) is 0 Å². The van der Waals surface area contributed by atoms with E-state index in [1.807, 2.05) is 0 Å². The Labute approximate surface area is 131 Å². The monoisotopic (exact) mass is 319 g/mol. The Morgan fingerprint density at radius 3 is 2.55 bits per heavy atom. The van der Waals surface area contributed by atoms with Gasteiger partial charge >= 0.3 is 0 Å². The molecule has 0 radical (unpaired) electrons. The van der Waals surface area contributed by atoms with E-state index in [2.05, 4.69) is 15.8 Å². The molecule has 1 aliphatic rings. The number of hydrogen-bond acceptors (Lipinski definition) is 4. The molecule has 2 aromatic rings. The second kappa shape index (κ2) is 5.46. The number of aromatic nitrogens is 1. The summed E-state index contributed by atoms with van der Waals surface area (Å²) in [6.07, 6.45) is 1.00. The van der Waals surface area contributed by atoms with Crippen molar-refractivity contribution in [2.75, 3.05) is 10.6 Å². The minimum absolute atomic E-state index is 0.310. The fraction of sp³-hybridized carbons (Fsp3) is 0.267. The Bertz CT molecular complexity index is 737. The SMILES string of the molecule is Cc1cc(NC(=O)C2(C(=O)Nc3cccc(Cl)c3)CC2)no1. The van der Waals surface area contributed by atoms with Crippen molar-refractivity contribution >= 4 is 34.9 Å². The van der Waals surface area contributed by atoms with Crippen molar-refractivity contribution in [2.45, 2.75) is 19.8 Å². The zero-order valence-electron chi connectivity index (χ0n) is 11.9. The molecule has 0 aliphatic heterocycles. The number of carbonyl (C=O) groups excluding carboxylic acids is 2. The van der Waals surface area contributed by atoms with Gasteiger partial charge in [-0.05, 0) is 38.0 Å². The highest BCUT2D eigenvalue weighted by Gasteiger charge is 2.56. The van der Waals surface area contributed by atoms with Crippen molar-refractivity contribution in [3.63, 3.8) is 0 Å². The van der Waals surface area contributed by atoms with Crippen LogP contribution in [0.5, 0.6) is 0 Å². The molecule has 2 N–H and O–H groups in total. The lowest BCUT2D eigenvalue weighted by Crippen LogP contribution is -2.35. The standard InChI is InChI=1S/C15H14ClN3O3/c1-9-7-12(19-22-9)18-14(21)15(5-6-15)13(20)17-11-4-2-3-10(16)8-11/h2-4,7-8H,5-6H2,1H3,(H,17,20)(H,18,19,21). The first kappa shape index (κ1) is 14.6. The van der Waals surface area contributed by atoms with Crippen LogP contribution in [-0.2, 0) is 9.59 Å². The van der Waals surface area contributed by atoms with Gasteiger partial charge in [0.15, 0.2) is 5.82 Å². The number of aryl methyl sites for hydroxylation is 1. The van der Waals surface area contributed by atoms with Gasteiger partial charge in [-0.1, -0.05) is 22.8 Å². The number of halogens is 1. The van der Waals surface area contributed by atoms with E-state index in [0.717, 1.165) is 0 Å². The molecule has 6 nitrogen and oxygen atoms in total. The third kappa shape index (κ3) is 2.82. The number of benzene rings is 1. The lowest BCUT2D eigenvalue weighted by atomic mass is 10.1. The average Bonchev–Trinajstić information content (AvgIpc) is 3.18. The molecule has 3 rings (SSSR count). The van der Waals surface area contributed by atoms with Crippen molar-refractivity contribution < 1.29 is 14.1 Å². The maximum Gasteiger partial charge on any atom is 0.241 e. The van der Waals surface area contributed by atoms with Crippen molar-refractivity contribution in [1.29, 1.82) is 0 Å². The highest BCUT2D eigenvalue weighted by molar-refractivity contribution is 6.31. The van der Waals surface area contributed by atoms with Crippen LogP contribution in [0.1, 0.15) is 18.6 Å². The van der Waals surface area contributed by atoms with Crippen LogP contribution in [-0.4, -0.2) is 17.0 Å². The number of nitrogens with one attached hydrogen (secondary N) is 2. The van der Waals surface area contributed by atoms with Gasteiger partial charge in [-0.2, -0.15) is 0 Å². The van der Waals surface area contributed by atoms with Crippen LogP contribution in [0.2, 0.25) is 5.02 Å². The number of carbonyl (C=O) groups is 2. The largest absolute Gasteiger partial charge is 0.360 e. The van der Waals surface area contributed by atoms with Gasteiger partial charge in [-0.25, -0.2) is 0 Å². The summed E-state index contributed by atoms with van der Waals surface area (Å²) in [5.74, 6) is 0.181.